The standard InChI is InChI=1S/C34H51NO15/c1-17-24(37)26(39)27(40)33(46-17)50-29-20(12-13-45-22(29)15-35-31(42)19-10-6-3-7-11-19)48-34-28(41)30(25(38)23(16-36)49-34)47-21(32(43)44)14-18-8-4-2-5-9-18/h3,6-7,10-11,17-18,20-30,33-34,36-41H,2,4-5,8-9,12-16H2,1H3,(H,35,42)(H,43,44)/t17-,20+,21-,22+,23+,24+,25-,26+,27-,28+,29-,30-,33-,34+/m0/s1. The van der Waals surface area contributed by atoms with Crippen molar-refractivity contribution < 1.29 is 73.8 Å². The van der Waals surface area contributed by atoms with E-state index in [-0.39, 0.29) is 31.9 Å². The monoisotopic (exact) mass is 713 g/mol. The molecule has 0 radical (unpaired) electrons. The van der Waals surface area contributed by atoms with E-state index in [1.807, 2.05) is 0 Å². The number of carbonyl (C=O) groups is 2. The van der Waals surface area contributed by atoms with Crippen LogP contribution < -0.4 is 5.32 Å². The highest BCUT2D eigenvalue weighted by atomic mass is 16.7. The van der Waals surface area contributed by atoms with Crippen molar-refractivity contribution in [3.63, 3.8) is 0 Å². The van der Waals surface area contributed by atoms with Crippen molar-refractivity contribution in [1.29, 1.82) is 0 Å². The lowest BCUT2D eigenvalue weighted by atomic mass is 9.85. The minimum atomic E-state index is -1.71. The van der Waals surface area contributed by atoms with E-state index < -0.39 is 104 Å². The number of ether oxygens (including phenoxy) is 6. The predicted octanol–water partition coefficient (Wildman–Crippen LogP) is -0.949. The van der Waals surface area contributed by atoms with Crippen LogP contribution in [0.15, 0.2) is 30.3 Å². The molecule has 1 aliphatic carbocycles. The van der Waals surface area contributed by atoms with Gasteiger partial charge in [-0.2, -0.15) is 0 Å². The SMILES string of the molecule is C[C@@H]1O[C@@H](O[C@@H]2[C@@H](CNC(=O)c3ccccc3)OCC[C@H]2O[C@@H]2O[C@H](CO)[C@H](O)[C@H](O[C@@H](CC3CCCCC3)C(=O)O)[C@H]2O)[C@@H](O)[C@H](O)[C@@H]1O. The summed E-state index contributed by atoms with van der Waals surface area (Å²) in [5.41, 5.74) is 0.395. The highest BCUT2D eigenvalue weighted by molar-refractivity contribution is 5.94. The number of hydrogen-bond donors (Lipinski definition) is 8. The molecular weight excluding hydrogens is 662 g/mol. The molecule has 0 aromatic heterocycles. The summed E-state index contributed by atoms with van der Waals surface area (Å²) in [5, 5.41) is 76.6. The Hall–Kier alpha value is -2.32. The average molecular weight is 714 g/mol. The number of carboxylic acid groups (broad SMARTS) is 1. The molecule has 50 heavy (non-hydrogen) atoms. The number of benzene rings is 1. The van der Waals surface area contributed by atoms with Gasteiger partial charge in [0, 0.05) is 18.7 Å². The Kier molecular flexibility index (Phi) is 14.0. The lowest BCUT2D eigenvalue weighted by Gasteiger charge is -2.47. The zero-order chi connectivity index (χ0) is 35.9. The molecule has 1 saturated carbocycles. The third kappa shape index (κ3) is 9.36. The van der Waals surface area contributed by atoms with Gasteiger partial charge in [-0.1, -0.05) is 50.3 Å². The summed E-state index contributed by atoms with van der Waals surface area (Å²) in [5.74, 6) is -1.53. The van der Waals surface area contributed by atoms with Crippen molar-refractivity contribution >= 4 is 11.9 Å². The van der Waals surface area contributed by atoms with E-state index in [1.54, 1.807) is 30.3 Å². The first-order valence-electron chi connectivity index (χ1n) is 17.4. The first-order chi connectivity index (χ1) is 24.0. The number of amides is 1. The average Bonchev–Trinajstić information content (AvgIpc) is 3.12. The Morgan fingerprint density at radius 1 is 0.840 bits per heavy atom. The number of nitrogens with one attached hydrogen (secondary N) is 1. The van der Waals surface area contributed by atoms with Gasteiger partial charge in [-0.3, -0.25) is 4.79 Å². The van der Waals surface area contributed by atoms with Crippen LogP contribution in [0.25, 0.3) is 0 Å². The van der Waals surface area contributed by atoms with Crippen LogP contribution in [0.4, 0.5) is 0 Å². The van der Waals surface area contributed by atoms with Gasteiger partial charge < -0.3 is 69.5 Å². The Balaban J connectivity index is 1.34. The highest BCUT2D eigenvalue weighted by Gasteiger charge is 2.51. The summed E-state index contributed by atoms with van der Waals surface area (Å²) in [6.07, 6.45) is -14.1. The van der Waals surface area contributed by atoms with E-state index in [2.05, 4.69) is 5.32 Å². The van der Waals surface area contributed by atoms with Crippen molar-refractivity contribution in [2.24, 2.45) is 5.92 Å². The van der Waals surface area contributed by atoms with Crippen LogP contribution in [0.3, 0.4) is 0 Å². The minimum Gasteiger partial charge on any atom is -0.479 e. The zero-order valence-corrected chi connectivity index (χ0v) is 28.0. The molecule has 0 bridgehead atoms. The fraction of sp³-hybridized carbons (Fsp3) is 0.765. The third-order valence-electron chi connectivity index (χ3n) is 10.1. The Morgan fingerprint density at radius 2 is 1.54 bits per heavy atom. The van der Waals surface area contributed by atoms with Crippen LogP contribution in [0, 0.1) is 5.92 Å². The first-order valence-corrected chi connectivity index (χ1v) is 17.4. The van der Waals surface area contributed by atoms with E-state index in [4.69, 9.17) is 28.4 Å². The molecule has 16 nitrogen and oxygen atoms in total. The maximum atomic E-state index is 12.9. The minimum absolute atomic E-state index is 0.0962. The number of aliphatic carboxylic acids is 1. The molecule has 1 amide bonds. The van der Waals surface area contributed by atoms with Gasteiger partial charge in [-0.25, -0.2) is 4.79 Å². The van der Waals surface area contributed by atoms with E-state index >= 15 is 0 Å². The maximum absolute atomic E-state index is 12.9. The van der Waals surface area contributed by atoms with Gasteiger partial charge in [-0.15, -0.1) is 0 Å². The summed E-state index contributed by atoms with van der Waals surface area (Å²) in [7, 11) is 0. The number of carbonyl (C=O) groups excluding carboxylic acids is 1. The maximum Gasteiger partial charge on any atom is 0.332 e. The summed E-state index contributed by atoms with van der Waals surface area (Å²) in [6, 6.07) is 8.46. The van der Waals surface area contributed by atoms with Gasteiger partial charge in [-0.05, 0) is 37.8 Å². The smallest absolute Gasteiger partial charge is 0.332 e. The molecule has 282 valence electrons. The molecule has 16 heteroatoms. The molecule has 14 atom stereocenters. The van der Waals surface area contributed by atoms with Crippen LogP contribution in [0.2, 0.25) is 0 Å². The molecule has 4 fully saturated rings. The second-order valence-electron chi connectivity index (χ2n) is 13.6. The van der Waals surface area contributed by atoms with Crippen LogP contribution in [0.5, 0.6) is 0 Å². The molecule has 0 unspecified atom stereocenters. The number of aliphatic hydroxyl groups is 6. The Morgan fingerprint density at radius 3 is 2.22 bits per heavy atom. The van der Waals surface area contributed by atoms with Crippen molar-refractivity contribution in [3.8, 4) is 0 Å². The lowest BCUT2D eigenvalue weighted by Crippen LogP contribution is -2.64. The summed E-state index contributed by atoms with van der Waals surface area (Å²) < 4.78 is 35.7. The highest BCUT2D eigenvalue weighted by Crippen LogP contribution is 2.34. The van der Waals surface area contributed by atoms with E-state index in [0.29, 0.717) is 5.56 Å². The quantitative estimate of drug-likeness (QED) is 0.123. The fourth-order valence-corrected chi connectivity index (χ4v) is 7.12. The van der Waals surface area contributed by atoms with Crippen molar-refractivity contribution in [2.45, 2.75) is 138 Å². The van der Waals surface area contributed by atoms with Crippen molar-refractivity contribution in [3.05, 3.63) is 35.9 Å². The van der Waals surface area contributed by atoms with Gasteiger partial charge in [0.1, 0.15) is 54.9 Å². The first kappa shape index (κ1) is 38.9. The van der Waals surface area contributed by atoms with Gasteiger partial charge in [0.15, 0.2) is 18.7 Å². The second-order valence-corrected chi connectivity index (χ2v) is 13.6. The molecule has 1 aromatic carbocycles. The topological polar surface area (TPSA) is 243 Å². The normalized spacial score (nSPS) is 39.1. The number of hydrogen-bond acceptors (Lipinski definition) is 14. The Labute approximate surface area is 290 Å². The molecule has 4 aliphatic rings. The van der Waals surface area contributed by atoms with Crippen LogP contribution in [-0.4, -0.2) is 153 Å². The van der Waals surface area contributed by atoms with Crippen LogP contribution >= 0.6 is 0 Å². The van der Waals surface area contributed by atoms with Gasteiger partial charge in [0.05, 0.1) is 18.8 Å². The number of rotatable bonds is 13. The van der Waals surface area contributed by atoms with Gasteiger partial charge >= 0.3 is 5.97 Å². The largest absolute Gasteiger partial charge is 0.479 e. The molecule has 3 heterocycles. The van der Waals surface area contributed by atoms with Gasteiger partial charge in [0.2, 0.25) is 0 Å². The molecule has 3 saturated heterocycles. The molecular formula is C34H51NO15. The van der Waals surface area contributed by atoms with E-state index in [0.717, 1.165) is 32.1 Å². The predicted molar refractivity (Wildman–Crippen MR) is 170 cm³/mol. The van der Waals surface area contributed by atoms with Crippen molar-refractivity contribution in [1.82, 2.24) is 5.32 Å². The molecule has 5 rings (SSSR count). The van der Waals surface area contributed by atoms with Crippen molar-refractivity contribution in [2.75, 3.05) is 19.8 Å². The lowest BCUT2D eigenvalue weighted by molar-refractivity contribution is -0.355. The third-order valence-corrected chi connectivity index (χ3v) is 10.1. The molecule has 3 aliphatic heterocycles. The molecule has 1 aromatic rings. The Bertz CT molecular complexity index is 1220. The fourth-order valence-electron chi connectivity index (χ4n) is 7.12. The van der Waals surface area contributed by atoms with E-state index in [9.17, 15) is 45.3 Å². The summed E-state index contributed by atoms with van der Waals surface area (Å²) >= 11 is 0. The van der Waals surface area contributed by atoms with E-state index in [1.165, 1.54) is 6.92 Å². The molecule has 8 N–H and O–H groups in total. The number of aliphatic hydroxyl groups excluding tert-OH is 6. The second kappa shape index (κ2) is 17.9. The molecule has 0 spiro atoms. The summed E-state index contributed by atoms with van der Waals surface area (Å²) in [4.78, 5) is 25.1. The number of carboxylic acids is 1. The van der Waals surface area contributed by atoms with Crippen LogP contribution in [0.1, 0.15) is 62.2 Å². The zero-order valence-electron chi connectivity index (χ0n) is 28.0. The van der Waals surface area contributed by atoms with Gasteiger partial charge in [0.25, 0.3) is 5.91 Å². The summed E-state index contributed by atoms with van der Waals surface area (Å²) in [6.45, 7) is 0.793. The van der Waals surface area contributed by atoms with Crippen LogP contribution in [-0.2, 0) is 33.2 Å².